The van der Waals surface area contributed by atoms with E-state index in [9.17, 15) is 17.2 Å². The molecular weight excluding hydrogens is 216 g/mol. The van der Waals surface area contributed by atoms with E-state index in [1.807, 2.05) is 4.72 Å². The normalized spacial score (nSPS) is 12.0. The largest absolute Gasteiger partial charge is 0.274 e. The second-order valence-electron chi connectivity index (χ2n) is 2.65. The summed E-state index contributed by atoms with van der Waals surface area (Å²) in [5, 5.41) is 3.68. The average molecular weight is 225 g/mol. The molecule has 0 fully saturated rings. The summed E-state index contributed by atoms with van der Waals surface area (Å²) >= 11 is 0. The van der Waals surface area contributed by atoms with E-state index in [0.717, 1.165) is 0 Å². The van der Waals surface area contributed by atoms with Gasteiger partial charge in [-0.05, 0) is 0 Å². The molecule has 80 valence electrons. The summed E-state index contributed by atoms with van der Waals surface area (Å²) in [7, 11) is -2.41. The molecule has 0 aliphatic heterocycles. The van der Waals surface area contributed by atoms with Gasteiger partial charge in [-0.1, -0.05) is 0 Å². The molecule has 1 N–H and O–H groups in total. The predicted molar refractivity (Wildman–Crippen MR) is 46.6 cm³/mol. The van der Waals surface area contributed by atoms with Crippen molar-refractivity contribution in [2.24, 2.45) is 7.05 Å². The number of hydrogen-bond donors (Lipinski definition) is 1. The second kappa shape index (κ2) is 3.91. The highest BCUT2D eigenvalue weighted by atomic mass is 32.2. The van der Waals surface area contributed by atoms with Gasteiger partial charge in [0.1, 0.15) is 5.75 Å². The summed E-state index contributed by atoms with van der Waals surface area (Å²) < 4.78 is 48.8. The van der Waals surface area contributed by atoms with E-state index < -0.39 is 22.2 Å². The van der Waals surface area contributed by atoms with Crippen LogP contribution in [0.3, 0.4) is 0 Å². The van der Waals surface area contributed by atoms with Crippen molar-refractivity contribution >= 4 is 15.8 Å². The fourth-order valence-electron chi connectivity index (χ4n) is 0.836. The van der Waals surface area contributed by atoms with Crippen molar-refractivity contribution in [3.05, 3.63) is 12.3 Å². The third-order valence-electron chi connectivity index (χ3n) is 1.32. The predicted octanol–water partition coefficient (Wildman–Crippen LogP) is 0.427. The van der Waals surface area contributed by atoms with Crippen LogP contribution < -0.4 is 4.72 Å². The summed E-state index contributed by atoms with van der Waals surface area (Å²) in [5.74, 6) is -1.18. The maximum Gasteiger partial charge on any atom is 0.254 e. The van der Waals surface area contributed by atoms with Crippen LogP contribution in [0.15, 0.2) is 12.3 Å². The number of halogens is 2. The van der Waals surface area contributed by atoms with Crippen LogP contribution in [0.25, 0.3) is 0 Å². The average Bonchev–Trinajstić information content (AvgIpc) is 2.30. The van der Waals surface area contributed by atoms with Crippen molar-refractivity contribution in [1.82, 2.24) is 9.78 Å². The minimum absolute atomic E-state index is 0.0353. The minimum atomic E-state index is -4.00. The number of alkyl halides is 2. The molecule has 1 aromatic heterocycles. The quantitative estimate of drug-likeness (QED) is 0.808. The number of rotatable bonds is 4. The van der Waals surface area contributed by atoms with Crippen molar-refractivity contribution in [3.63, 3.8) is 0 Å². The lowest BCUT2D eigenvalue weighted by atomic mass is 10.7. The highest BCUT2D eigenvalue weighted by Gasteiger charge is 2.18. The van der Waals surface area contributed by atoms with Gasteiger partial charge in [-0.3, -0.25) is 9.40 Å². The molecule has 0 atom stereocenters. The lowest BCUT2D eigenvalue weighted by Gasteiger charge is -2.03. The molecule has 0 unspecified atom stereocenters. The lowest BCUT2D eigenvalue weighted by molar-refractivity contribution is 0.174. The van der Waals surface area contributed by atoms with Gasteiger partial charge in [0.05, 0.1) is 0 Å². The first-order valence-electron chi connectivity index (χ1n) is 3.67. The van der Waals surface area contributed by atoms with Gasteiger partial charge in [0, 0.05) is 19.3 Å². The third kappa shape index (κ3) is 3.29. The van der Waals surface area contributed by atoms with E-state index in [1.54, 1.807) is 7.05 Å². The van der Waals surface area contributed by atoms with E-state index in [2.05, 4.69) is 5.10 Å². The smallest absolute Gasteiger partial charge is 0.254 e. The van der Waals surface area contributed by atoms with E-state index in [0.29, 0.717) is 0 Å². The first-order chi connectivity index (χ1) is 6.39. The zero-order chi connectivity index (χ0) is 10.8. The molecule has 0 aliphatic carbocycles. The maximum atomic E-state index is 11.8. The standard InChI is InChI=1S/C6H9F2N3O2S/c1-11-3-2-6(9-11)10-14(12,13)4-5(7)8/h2-3,5H,4H2,1H3,(H,9,10). The molecule has 5 nitrogen and oxygen atoms in total. The molecule has 1 heterocycles. The highest BCUT2D eigenvalue weighted by Crippen LogP contribution is 2.06. The molecule has 0 spiro atoms. The zero-order valence-electron chi connectivity index (χ0n) is 7.31. The number of nitrogens with one attached hydrogen (secondary N) is 1. The van der Waals surface area contributed by atoms with Gasteiger partial charge >= 0.3 is 0 Å². The van der Waals surface area contributed by atoms with Gasteiger partial charge in [0.15, 0.2) is 5.82 Å². The minimum Gasteiger partial charge on any atom is -0.274 e. The second-order valence-corrected chi connectivity index (χ2v) is 4.42. The molecule has 0 saturated heterocycles. The third-order valence-corrected chi connectivity index (χ3v) is 2.53. The highest BCUT2D eigenvalue weighted by molar-refractivity contribution is 7.92. The summed E-state index contributed by atoms with van der Waals surface area (Å²) in [4.78, 5) is 0. The zero-order valence-corrected chi connectivity index (χ0v) is 8.13. The number of hydrogen-bond acceptors (Lipinski definition) is 3. The van der Waals surface area contributed by atoms with Crippen LogP contribution in [-0.2, 0) is 17.1 Å². The van der Waals surface area contributed by atoms with Crippen LogP contribution in [0.5, 0.6) is 0 Å². The molecule has 0 amide bonds. The van der Waals surface area contributed by atoms with E-state index in [-0.39, 0.29) is 5.82 Å². The summed E-state index contributed by atoms with van der Waals surface area (Å²) in [6.45, 7) is 0. The van der Waals surface area contributed by atoms with E-state index in [1.165, 1.54) is 16.9 Å². The first kappa shape index (κ1) is 10.9. The summed E-state index contributed by atoms with van der Waals surface area (Å²) in [6.07, 6.45) is -1.39. The van der Waals surface area contributed by atoms with Gasteiger partial charge < -0.3 is 0 Å². The van der Waals surface area contributed by atoms with Crippen molar-refractivity contribution in [3.8, 4) is 0 Å². The van der Waals surface area contributed by atoms with E-state index in [4.69, 9.17) is 0 Å². The van der Waals surface area contributed by atoms with Crippen LogP contribution in [0.4, 0.5) is 14.6 Å². The number of aromatic nitrogens is 2. The van der Waals surface area contributed by atoms with Gasteiger partial charge in [-0.2, -0.15) is 5.10 Å². The fraction of sp³-hybridized carbons (Fsp3) is 0.500. The van der Waals surface area contributed by atoms with Crippen molar-refractivity contribution in [2.75, 3.05) is 10.5 Å². The Morgan fingerprint density at radius 3 is 2.71 bits per heavy atom. The Kier molecular flexibility index (Phi) is 3.04. The molecule has 0 aliphatic rings. The van der Waals surface area contributed by atoms with Crippen molar-refractivity contribution in [1.29, 1.82) is 0 Å². The van der Waals surface area contributed by atoms with Gasteiger partial charge in [0.25, 0.3) is 6.43 Å². The van der Waals surface area contributed by atoms with Gasteiger partial charge in [-0.15, -0.1) is 0 Å². The molecule has 0 saturated carbocycles. The lowest BCUT2D eigenvalue weighted by Crippen LogP contribution is -2.21. The number of sulfonamides is 1. The molecule has 0 radical (unpaired) electrons. The monoisotopic (exact) mass is 225 g/mol. The number of aryl methyl sites for hydroxylation is 1. The topological polar surface area (TPSA) is 64.0 Å². The molecule has 14 heavy (non-hydrogen) atoms. The molecular formula is C6H9F2N3O2S. The van der Waals surface area contributed by atoms with Crippen LogP contribution in [0, 0.1) is 0 Å². The Hall–Kier alpha value is -1.18. The Morgan fingerprint density at radius 1 is 1.64 bits per heavy atom. The molecule has 1 aromatic rings. The van der Waals surface area contributed by atoms with E-state index >= 15 is 0 Å². The molecule has 0 aromatic carbocycles. The Balaban J connectivity index is 2.69. The Labute approximate surface area is 79.8 Å². The Bertz CT molecular complexity index is 401. The number of anilines is 1. The van der Waals surface area contributed by atoms with Crippen molar-refractivity contribution in [2.45, 2.75) is 6.43 Å². The fourth-order valence-corrected chi connectivity index (χ4v) is 1.68. The molecule has 1 rings (SSSR count). The Morgan fingerprint density at radius 2 is 2.29 bits per heavy atom. The number of nitrogens with zero attached hydrogens (tertiary/aromatic N) is 2. The van der Waals surface area contributed by atoms with Crippen LogP contribution in [0.1, 0.15) is 0 Å². The van der Waals surface area contributed by atoms with Crippen LogP contribution in [0.2, 0.25) is 0 Å². The molecule has 8 heteroatoms. The maximum absolute atomic E-state index is 11.8. The van der Waals surface area contributed by atoms with Crippen LogP contribution >= 0.6 is 0 Å². The molecule has 0 bridgehead atoms. The van der Waals surface area contributed by atoms with Crippen molar-refractivity contribution < 1.29 is 17.2 Å². The SMILES string of the molecule is Cn1ccc(NS(=O)(=O)CC(F)F)n1. The van der Waals surface area contributed by atoms with Crippen LogP contribution in [-0.4, -0.2) is 30.4 Å². The summed E-state index contributed by atoms with van der Waals surface area (Å²) in [6, 6.07) is 1.38. The van der Waals surface area contributed by atoms with Gasteiger partial charge in [0.2, 0.25) is 10.0 Å². The first-order valence-corrected chi connectivity index (χ1v) is 5.32. The van der Waals surface area contributed by atoms with Gasteiger partial charge in [-0.25, -0.2) is 17.2 Å². The summed E-state index contributed by atoms with van der Waals surface area (Å²) in [5.41, 5.74) is 0.